The maximum atomic E-state index is 14.9. The topological polar surface area (TPSA) is 78.0 Å². The summed E-state index contributed by atoms with van der Waals surface area (Å²) < 4.78 is 93.7. The summed E-state index contributed by atoms with van der Waals surface area (Å²) in [5, 5.41) is 7.90. The Labute approximate surface area is 139 Å². The summed E-state index contributed by atoms with van der Waals surface area (Å²) in [5.41, 5.74) is -1.79. The average Bonchev–Trinajstić information content (AvgIpc) is 3.07. The fourth-order valence-corrected chi connectivity index (χ4v) is 3.55. The zero-order chi connectivity index (χ0) is 18.6. The van der Waals surface area contributed by atoms with Crippen molar-refractivity contribution in [3.05, 3.63) is 35.5 Å². The Morgan fingerprint density at radius 3 is 2.24 bits per heavy atom. The molecule has 136 valence electrons. The van der Waals surface area contributed by atoms with Crippen LogP contribution in [0.15, 0.2) is 17.0 Å². The minimum absolute atomic E-state index is 0.0973. The number of alkyl halides is 1. The van der Waals surface area contributed by atoms with Crippen LogP contribution in [-0.4, -0.2) is 18.2 Å². The van der Waals surface area contributed by atoms with E-state index in [1.165, 1.54) is 0 Å². The van der Waals surface area contributed by atoms with E-state index in [0.29, 0.717) is 23.6 Å². The van der Waals surface area contributed by atoms with Gasteiger partial charge in [-0.25, -0.2) is 31.4 Å². The summed E-state index contributed by atoms with van der Waals surface area (Å²) >= 11 is 0. The molecule has 2 aromatic rings. The molecule has 1 aliphatic rings. The highest BCUT2D eigenvalue weighted by atomic mass is 32.2. The van der Waals surface area contributed by atoms with Crippen molar-refractivity contribution < 1.29 is 30.4 Å². The van der Waals surface area contributed by atoms with Gasteiger partial charge in [0, 0.05) is 18.4 Å². The number of aromatic nitrogens is 2. The van der Waals surface area contributed by atoms with E-state index >= 15 is 0 Å². The van der Waals surface area contributed by atoms with Gasteiger partial charge in [-0.05, 0) is 25.0 Å². The van der Waals surface area contributed by atoms with Crippen molar-refractivity contribution in [2.75, 3.05) is 0 Å². The minimum Gasteiger partial charge on any atom is -0.225 e. The minimum atomic E-state index is -4.58. The molecule has 3 rings (SSSR count). The van der Waals surface area contributed by atoms with E-state index < -0.39 is 55.4 Å². The van der Waals surface area contributed by atoms with Crippen molar-refractivity contribution in [3.63, 3.8) is 0 Å². The van der Waals surface area contributed by atoms with E-state index in [0.717, 1.165) is 0 Å². The zero-order valence-corrected chi connectivity index (χ0v) is 13.4. The van der Waals surface area contributed by atoms with Gasteiger partial charge in [0.15, 0.2) is 0 Å². The largest absolute Gasteiger partial charge is 0.269 e. The second kappa shape index (κ2) is 5.77. The molecule has 0 amide bonds. The number of hydrogen-bond acceptors (Lipinski definition) is 3. The number of sulfonamides is 1. The number of nitrogens with zero attached hydrogens (tertiary/aromatic N) is 2. The molecular formula is C14H12F5N3O2S. The number of hydrogen-bond donors (Lipinski definition) is 1. The maximum Gasteiger partial charge on any atom is 0.269 e. The highest BCUT2D eigenvalue weighted by molar-refractivity contribution is 7.89. The summed E-state index contributed by atoms with van der Waals surface area (Å²) in [5.74, 6) is -8.47. The molecule has 25 heavy (non-hydrogen) atoms. The molecule has 5 nitrogen and oxygen atoms in total. The van der Waals surface area contributed by atoms with Gasteiger partial charge in [0.05, 0.1) is 0 Å². The summed E-state index contributed by atoms with van der Waals surface area (Å²) in [6, 6.07) is 0.553. The second-order valence-corrected chi connectivity index (χ2v) is 7.33. The van der Waals surface area contributed by atoms with E-state index in [1.54, 1.807) is 0 Å². The van der Waals surface area contributed by atoms with Gasteiger partial charge in [0.25, 0.3) is 5.95 Å². The molecule has 11 heteroatoms. The number of halogens is 5. The molecule has 1 aromatic heterocycles. The van der Waals surface area contributed by atoms with Gasteiger partial charge < -0.3 is 0 Å². The van der Waals surface area contributed by atoms with E-state index in [2.05, 4.69) is 5.10 Å². The highest BCUT2D eigenvalue weighted by Crippen LogP contribution is 2.42. The van der Waals surface area contributed by atoms with Crippen molar-refractivity contribution in [3.8, 4) is 11.3 Å². The third-order valence-corrected chi connectivity index (χ3v) is 5.05. The van der Waals surface area contributed by atoms with Crippen LogP contribution in [0.2, 0.25) is 0 Å². The first-order valence-electron chi connectivity index (χ1n) is 7.20. The summed E-state index contributed by atoms with van der Waals surface area (Å²) in [4.78, 5) is -1.16. The first kappa shape index (κ1) is 17.8. The molecule has 0 saturated heterocycles. The normalized spacial score (nSPS) is 17.2. The predicted octanol–water partition coefficient (Wildman–Crippen LogP) is 2.95. The SMILES string of the molecule is NS(=O)(=O)c1cc(F)c(-c2c(F)c(F)nn2C2(F)CCCC2)cc1F. The first-order valence-corrected chi connectivity index (χ1v) is 8.75. The lowest BCUT2D eigenvalue weighted by Gasteiger charge is -2.22. The van der Waals surface area contributed by atoms with Crippen LogP contribution in [0.25, 0.3) is 11.3 Å². The second-order valence-electron chi connectivity index (χ2n) is 5.80. The lowest BCUT2D eigenvalue weighted by Crippen LogP contribution is -2.27. The quantitative estimate of drug-likeness (QED) is 0.831. The van der Waals surface area contributed by atoms with Crippen LogP contribution in [0, 0.1) is 23.4 Å². The van der Waals surface area contributed by atoms with Crippen molar-refractivity contribution in [1.29, 1.82) is 0 Å². The average molecular weight is 381 g/mol. The van der Waals surface area contributed by atoms with Gasteiger partial charge in [-0.2, -0.15) is 8.78 Å². The van der Waals surface area contributed by atoms with E-state index in [9.17, 15) is 30.4 Å². The van der Waals surface area contributed by atoms with Crippen LogP contribution in [0.5, 0.6) is 0 Å². The third kappa shape index (κ3) is 2.91. The zero-order valence-electron chi connectivity index (χ0n) is 12.6. The van der Waals surface area contributed by atoms with Gasteiger partial charge in [-0.1, -0.05) is 0 Å². The molecule has 1 saturated carbocycles. The monoisotopic (exact) mass is 381 g/mol. The smallest absolute Gasteiger partial charge is 0.225 e. The summed E-state index contributed by atoms with van der Waals surface area (Å²) in [7, 11) is -4.58. The van der Waals surface area contributed by atoms with Gasteiger partial charge >= 0.3 is 0 Å². The standard InChI is InChI=1S/C14H12F5N3O2S/c15-8-6-10(25(20,23)24)9(16)5-7(8)12-11(17)13(18)21-22(12)14(19)3-1-2-4-14/h5-6H,1-4H2,(H2,20,23,24). The van der Waals surface area contributed by atoms with Crippen molar-refractivity contribution >= 4 is 10.0 Å². The predicted molar refractivity (Wildman–Crippen MR) is 76.4 cm³/mol. The van der Waals surface area contributed by atoms with Gasteiger partial charge in [-0.15, -0.1) is 5.10 Å². The molecule has 0 radical (unpaired) electrons. The molecule has 0 aliphatic heterocycles. The van der Waals surface area contributed by atoms with E-state index in [-0.39, 0.29) is 18.9 Å². The summed E-state index contributed by atoms with van der Waals surface area (Å²) in [6.45, 7) is 0. The first-order chi connectivity index (χ1) is 11.5. The highest BCUT2D eigenvalue weighted by Gasteiger charge is 2.41. The Balaban J connectivity index is 2.26. The Bertz CT molecular complexity index is 952. The fraction of sp³-hybridized carbons (Fsp3) is 0.357. The fourth-order valence-electron chi connectivity index (χ4n) is 2.95. The van der Waals surface area contributed by atoms with Crippen LogP contribution in [0.4, 0.5) is 22.0 Å². The molecule has 0 unspecified atom stereocenters. The van der Waals surface area contributed by atoms with E-state index in [4.69, 9.17) is 5.14 Å². The molecule has 2 N–H and O–H groups in total. The van der Waals surface area contributed by atoms with Crippen molar-refractivity contribution in [2.45, 2.75) is 36.4 Å². The Morgan fingerprint density at radius 1 is 1.08 bits per heavy atom. The van der Waals surface area contributed by atoms with Crippen LogP contribution in [0.3, 0.4) is 0 Å². The molecular weight excluding hydrogens is 369 g/mol. The van der Waals surface area contributed by atoms with Crippen LogP contribution >= 0.6 is 0 Å². The maximum absolute atomic E-state index is 14.9. The molecule has 0 atom stereocenters. The molecule has 1 heterocycles. The molecule has 0 spiro atoms. The van der Waals surface area contributed by atoms with Crippen LogP contribution < -0.4 is 5.14 Å². The number of nitrogens with two attached hydrogens (primary N) is 1. The Morgan fingerprint density at radius 2 is 1.68 bits per heavy atom. The molecule has 1 fully saturated rings. The Hall–Kier alpha value is -2.01. The number of rotatable bonds is 3. The van der Waals surface area contributed by atoms with Crippen molar-refractivity contribution in [1.82, 2.24) is 9.78 Å². The van der Waals surface area contributed by atoms with Gasteiger partial charge in [0.1, 0.15) is 22.2 Å². The summed E-state index contributed by atoms with van der Waals surface area (Å²) in [6.07, 6.45) is 0.667. The number of benzene rings is 1. The third-order valence-electron chi connectivity index (χ3n) is 4.12. The van der Waals surface area contributed by atoms with Crippen LogP contribution in [-0.2, 0) is 15.8 Å². The van der Waals surface area contributed by atoms with E-state index in [1.807, 2.05) is 0 Å². The molecule has 1 aliphatic carbocycles. The van der Waals surface area contributed by atoms with Crippen molar-refractivity contribution in [2.24, 2.45) is 5.14 Å². The van der Waals surface area contributed by atoms with Crippen LogP contribution in [0.1, 0.15) is 25.7 Å². The lowest BCUT2D eigenvalue weighted by molar-refractivity contribution is 0.0626. The van der Waals surface area contributed by atoms with Gasteiger partial charge in [0.2, 0.25) is 21.6 Å². The van der Waals surface area contributed by atoms with Gasteiger partial charge in [-0.3, -0.25) is 0 Å². The molecule has 0 bridgehead atoms. The molecule has 1 aromatic carbocycles. The Kier molecular flexibility index (Phi) is 4.11. The lowest BCUT2D eigenvalue weighted by atomic mass is 10.1. The number of primary sulfonamides is 1.